The summed E-state index contributed by atoms with van der Waals surface area (Å²) in [5.74, 6) is -1.45. The van der Waals surface area contributed by atoms with Crippen LogP contribution in [-0.2, 0) is 10.0 Å². The van der Waals surface area contributed by atoms with Crippen molar-refractivity contribution in [3.63, 3.8) is 0 Å². The summed E-state index contributed by atoms with van der Waals surface area (Å²) in [6.07, 6.45) is 8.01. The van der Waals surface area contributed by atoms with Crippen LogP contribution in [0.1, 0.15) is 0 Å². The summed E-state index contributed by atoms with van der Waals surface area (Å²) < 4.78 is 55.9. The second kappa shape index (κ2) is 7.82. The number of nitrogens with one attached hydrogen (secondary N) is 2. The molecule has 0 spiro atoms. The van der Waals surface area contributed by atoms with Crippen molar-refractivity contribution in [1.29, 1.82) is 0 Å². The van der Waals surface area contributed by atoms with Gasteiger partial charge in [-0.2, -0.15) is 5.10 Å². The summed E-state index contributed by atoms with van der Waals surface area (Å²) in [4.78, 5) is 4.47. The number of aromatic nitrogens is 4. The van der Waals surface area contributed by atoms with E-state index in [1.54, 1.807) is 30.7 Å². The van der Waals surface area contributed by atoms with Gasteiger partial charge >= 0.3 is 0 Å². The SMILES string of the molecule is CS(=O)(=O)Nc1cc(-c2ccc(F)cc2F)cc(-c2cnc3cc(-c4cn[nH]c4)ccn23)c1. The molecule has 3 heterocycles. The van der Waals surface area contributed by atoms with Crippen LogP contribution in [0.4, 0.5) is 14.5 Å². The number of pyridine rings is 1. The molecule has 0 saturated carbocycles. The van der Waals surface area contributed by atoms with Crippen LogP contribution in [0.2, 0.25) is 0 Å². The minimum Gasteiger partial charge on any atom is -0.300 e. The quantitative estimate of drug-likeness (QED) is 0.393. The Labute approximate surface area is 187 Å². The van der Waals surface area contributed by atoms with Crippen LogP contribution in [0.5, 0.6) is 0 Å². The largest absolute Gasteiger partial charge is 0.300 e. The zero-order valence-electron chi connectivity index (χ0n) is 17.3. The predicted molar refractivity (Wildman–Crippen MR) is 122 cm³/mol. The molecule has 0 saturated heterocycles. The van der Waals surface area contributed by atoms with Crippen molar-refractivity contribution in [2.75, 3.05) is 11.0 Å². The van der Waals surface area contributed by atoms with E-state index < -0.39 is 21.7 Å². The molecule has 5 aromatic rings. The average molecular weight is 465 g/mol. The Morgan fingerprint density at radius 3 is 2.48 bits per heavy atom. The number of sulfonamides is 1. The zero-order chi connectivity index (χ0) is 23.2. The molecule has 7 nitrogen and oxygen atoms in total. The van der Waals surface area contributed by atoms with Crippen molar-refractivity contribution in [3.8, 4) is 33.5 Å². The Kier molecular flexibility index (Phi) is 4.94. The van der Waals surface area contributed by atoms with E-state index in [1.165, 1.54) is 12.1 Å². The molecule has 166 valence electrons. The Bertz CT molecular complexity index is 1590. The minimum absolute atomic E-state index is 0.144. The van der Waals surface area contributed by atoms with Crippen LogP contribution >= 0.6 is 0 Å². The fourth-order valence-electron chi connectivity index (χ4n) is 3.71. The van der Waals surface area contributed by atoms with Gasteiger partial charge in [0.05, 0.1) is 24.3 Å². The highest BCUT2D eigenvalue weighted by Gasteiger charge is 2.14. The summed E-state index contributed by atoms with van der Waals surface area (Å²) in [5, 5.41) is 6.73. The summed E-state index contributed by atoms with van der Waals surface area (Å²) in [6, 6.07) is 11.9. The molecule has 10 heteroatoms. The third-order valence-electron chi connectivity index (χ3n) is 5.12. The second-order valence-electron chi connectivity index (χ2n) is 7.57. The molecule has 33 heavy (non-hydrogen) atoms. The Hall–Kier alpha value is -4.05. The third-order valence-corrected chi connectivity index (χ3v) is 5.73. The van der Waals surface area contributed by atoms with Crippen LogP contribution in [-0.4, -0.2) is 34.3 Å². The lowest BCUT2D eigenvalue weighted by molar-refractivity contribution is 0.585. The minimum atomic E-state index is -3.59. The van der Waals surface area contributed by atoms with Crippen molar-refractivity contribution >= 4 is 21.4 Å². The fraction of sp³-hybridized carbons (Fsp3) is 0.0435. The molecule has 5 rings (SSSR count). The van der Waals surface area contributed by atoms with Crippen LogP contribution < -0.4 is 4.72 Å². The number of hydrogen-bond acceptors (Lipinski definition) is 4. The van der Waals surface area contributed by atoms with Crippen molar-refractivity contribution < 1.29 is 17.2 Å². The van der Waals surface area contributed by atoms with Gasteiger partial charge in [0.2, 0.25) is 10.0 Å². The summed E-state index contributed by atoms with van der Waals surface area (Å²) in [7, 11) is -3.59. The van der Waals surface area contributed by atoms with Gasteiger partial charge in [-0.05, 0) is 53.6 Å². The summed E-state index contributed by atoms with van der Waals surface area (Å²) in [5.41, 5.74) is 4.56. The zero-order valence-corrected chi connectivity index (χ0v) is 18.1. The molecular formula is C23H17F2N5O2S. The lowest BCUT2D eigenvalue weighted by Gasteiger charge is -2.12. The van der Waals surface area contributed by atoms with E-state index in [9.17, 15) is 17.2 Å². The van der Waals surface area contributed by atoms with Gasteiger partial charge in [0.1, 0.15) is 17.3 Å². The smallest absolute Gasteiger partial charge is 0.229 e. The number of halogens is 2. The number of H-pyrrole nitrogens is 1. The molecule has 0 aliphatic heterocycles. The molecule has 0 atom stereocenters. The normalized spacial score (nSPS) is 11.7. The van der Waals surface area contributed by atoms with Gasteiger partial charge in [0.25, 0.3) is 0 Å². The van der Waals surface area contributed by atoms with E-state index in [0.717, 1.165) is 29.5 Å². The molecule has 0 bridgehead atoms. The highest BCUT2D eigenvalue weighted by molar-refractivity contribution is 7.92. The molecule has 2 N–H and O–H groups in total. The lowest BCUT2D eigenvalue weighted by Crippen LogP contribution is -2.09. The molecule has 0 aliphatic carbocycles. The van der Waals surface area contributed by atoms with Crippen molar-refractivity contribution in [3.05, 3.63) is 85.0 Å². The van der Waals surface area contributed by atoms with Gasteiger partial charge in [-0.1, -0.05) is 0 Å². The van der Waals surface area contributed by atoms with Gasteiger partial charge in [-0.3, -0.25) is 14.2 Å². The summed E-state index contributed by atoms with van der Waals surface area (Å²) in [6.45, 7) is 0. The molecule has 0 amide bonds. The lowest BCUT2D eigenvalue weighted by atomic mass is 10.00. The maximum absolute atomic E-state index is 14.5. The number of hydrogen-bond donors (Lipinski definition) is 2. The maximum Gasteiger partial charge on any atom is 0.229 e. The van der Waals surface area contributed by atoms with Crippen molar-refractivity contribution in [1.82, 2.24) is 19.6 Å². The molecule has 2 aromatic carbocycles. The molecule has 3 aromatic heterocycles. The number of rotatable bonds is 5. The Balaban J connectivity index is 1.67. The molecular weight excluding hydrogens is 448 g/mol. The number of benzene rings is 2. The number of imidazole rings is 1. The predicted octanol–water partition coefficient (Wildman–Crippen LogP) is 4.71. The average Bonchev–Trinajstić information content (AvgIpc) is 3.42. The van der Waals surface area contributed by atoms with Gasteiger partial charge in [0, 0.05) is 40.8 Å². The first-order valence-corrected chi connectivity index (χ1v) is 11.7. The van der Waals surface area contributed by atoms with Gasteiger partial charge < -0.3 is 0 Å². The van der Waals surface area contributed by atoms with Crippen molar-refractivity contribution in [2.45, 2.75) is 0 Å². The van der Waals surface area contributed by atoms with E-state index in [2.05, 4.69) is 19.9 Å². The number of anilines is 1. The first-order valence-electron chi connectivity index (χ1n) is 9.82. The third kappa shape index (κ3) is 4.20. The van der Waals surface area contributed by atoms with Crippen LogP contribution in [0, 0.1) is 11.6 Å². The highest BCUT2D eigenvalue weighted by atomic mass is 32.2. The first-order chi connectivity index (χ1) is 15.8. The number of nitrogens with zero attached hydrogens (tertiary/aromatic N) is 3. The second-order valence-corrected chi connectivity index (χ2v) is 9.32. The topological polar surface area (TPSA) is 92.2 Å². The number of aromatic amines is 1. The van der Waals surface area contributed by atoms with E-state index in [-0.39, 0.29) is 11.3 Å². The van der Waals surface area contributed by atoms with E-state index in [1.807, 2.05) is 22.7 Å². The fourth-order valence-corrected chi connectivity index (χ4v) is 4.26. The van der Waals surface area contributed by atoms with Crippen LogP contribution in [0.25, 0.3) is 39.2 Å². The molecule has 0 unspecified atom stereocenters. The first kappa shape index (κ1) is 20.8. The van der Waals surface area contributed by atoms with Crippen molar-refractivity contribution in [2.24, 2.45) is 0 Å². The van der Waals surface area contributed by atoms with E-state index in [0.29, 0.717) is 22.5 Å². The van der Waals surface area contributed by atoms with E-state index in [4.69, 9.17) is 0 Å². The van der Waals surface area contributed by atoms with E-state index >= 15 is 0 Å². The molecule has 0 radical (unpaired) electrons. The van der Waals surface area contributed by atoms with Gasteiger partial charge in [-0.25, -0.2) is 22.2 Å². The highest BCUT2D eigenvalue weighted by Crippen LogP contribution is 2.33. The molecule has 0 fully saturated rings. The van der Waals surface area contributed by atoms with Gasteiger partial charge in [0.15, 0.2) is 0 Å². The van der Waals surface area contributed by atoms with Crippen LogP contribution in [0.3, 0.4) is 0 Å². The number of fused-ring (bicyclic) bond motifs is 1. The maximum atomic E-state index is 14.5. The Morgan fingerprint density at radius 1 is 0.939 bits per heavy atom. The summed E-state index contributed by atoms with van der Waals surface area (Å²) >= 11 is 0. The Morgan fingerprint density at radius 2 is 1.76 bits per heavy atom. The standard InChI is InChI=1S/C23H17F2N5O2S/c1-33(31,32)29-19-7-15(20-3-2-18(24)10-21(20)25)6-16(8-19)22-13-26-23-9-14(4-5-30(22)23)17-11-27-28-12-17/h2-13,29H,1H3,(H,27,28). The monoisotopic (exact) mass is 465 g/mol. The van der Waals surface area contributed by atoms with Crippen LogP contribution in [0.15, 0.2) is 73.3 Å². The molecule has 0 aliphatic rings. The van der Waals surface area contributed by atoms with Gasteiger partial charge in [-0.15, -0.1) is 0 Å².